The van der Waals surface area contributed by atoms with Gasteiger partial charge in [0.25, 0.3) is 0 Å². The molecule has 0 aromatic heterocycles. The van der Waals surface area contributed by atoms with Crippen LogP contribution in [0.25, 0.3) is 0 Å². The zero-order valence-electron chi connectivity index (χ0n) is 27.2. The van der Waals surface area contributed by atoms with E-state index in [0.717, 1.165) is 58.4 Å². The van der Waals surface area contributed by atoms with Crippen LogP contribution in [0.4, 0.5) is 4.79 Å². The van der Waals surface area contributed by atoms with Crippen molar-refractivity contribution in [3.05, 3.63) is 0 Å². The van der Waals surface area contributed by atoms with Crippen LogP contribution in [0, 0.1) is 5.92 Å². The Morgan fingerprint density at radius 3 is 1.84 bits per heavy atom. The van der Waals surface area contributed by atoms with Gasteiger partial charge in [0.1, 0.15) is 0 Å². The minimum absolute atomic E-state index is 0.0337. The van der Waals surface area contributed by atoms with Crippen molar-refractivity contribution in [2.45, 2.75) is 104 Å². The second-order valence-corrected chi connectivity index (χ2v) is 12.5. The van der Waals surface area contributed by atoms with Gasteiger partial charge in [0.15, 0.2) is 0 Å². The molecule has 1 heterocycles. The maximum absolute atomic E-state index is 12.2. The van der Waals surface area contributed by atoms with Crippen LogP contribution in [-0.2, 0) is 50.3 Å². The summed E-state index contributed by atoms with van der Waals surface area (Å²) in [6.45, 7) is 10.3. The van der Waals surface area contributed by atoms with Crippen molar-refractivity contribution in [1.29, 1.82) is 0 Å². The fraction of sp³-hybridized carbons (Fsp3) is 0.875. The number of piperazine rings is 1. The van der Waals surface area contributed by atoms with E-state index in [-0.39, 0.29) is 44.1 Å². The van der Waals surface area contributed by atoms with Gasteiger partial charge < -0.3 is 9.64 Å². The molecule has 1 saturated heterocycles. The van der Waals surface area contributed by atoms with Gasteiger partial charge >= 0.3 is 157 Å². The standard InChI is InChI=1S/C32H58N2O8.V/c1-4-6-7-8-9-10-11-15-24-39-30(35)17-13-12-14-18-31(36)41-27-29(26-38-5-2)28-42-32(37)40-25-16-19-34-22-20-33(3)21-23-34;/h29H,4,6-28H2,1-3H3;. The maximum atomic E-state index is 12.2. The molecule has 0 aromatic carbocycles. The quantitative estimate of drug-likeness (QED) is 0.0698. The number of nitrogens with zero attached hydrogens (tertiary/aromatic N) is 2. The van der Waals surface area contributed by atoms with E-state index >= 15 is 0 Å². The fourth-order valence-corrected chi connectivity index (χ4v) is 4.73. The van der Waals surface area contributed by atoms with Gasteiger partial charge in [0.05, 0.1) is 6.61 Å². The third-order valence-electron chi connectivity index (χ3n) is 7.40. The van der Waals surface area contributed by atoms with E-state index in [1.54, 1.807) is 0 Å². The average molecular weight is 650 g/mol. The van der Waals surface area contributed by atoms with Gasteiger partial charge in [-0.25, -0.2) is 0 Å². The van der Waals surface area contributed by atoms with E-state index in [1.165, 1.54) is 38.5 Å². The summed E-state index contributed by atoms with van der Waals surface area (Å²) in [4.78, 5) is 40.9. The predicted octanol–water partition coefficient (Wildman–Crippen LogP) is 5.28. The molecule has 0 spiro atoms. The first kappa shape index (κ1) is 39.6. The number of hydrogen-bond donors (Lipinski definition) is 0. The number of rotatable bonds is 26. The molecule has 10 nitrogen and oxygen atoms in total. The third kappa shape index (κ3) is 24.5. The predicted molar refractivity (Wildman–Crippen MR) is 164 cm³/mol. The minimum atomic E-state index is -0.723. The molecule has 1 aliphatic rings. The summed E-state index contributed by atoms with van der Waals surface area (Å²) in [5.41, 5.74) is 0. The van der Waals surface area contributed by atoms with E-state index in [0.29, 0.717) is 36.9 Å². The summed E-state index contributed by atoms with van der Waals surface area (Å²) in [6.07, 6.45) is 12.5. The summed E-state index contributed by atoms with van der Waals surface area (Å²) in [6, 6.07) is 0. The Bertz CT molecular complexity index is 762. The van der Waals surface area contributed by atoms with Gasteiger partial charge in [-0.05, 0) is 13.5 Å². The van der Waals surface area contributed by atoms with Crippen LogP contribution in [-0.4, -0.2) is 105 Å². The molecule has 1 aliphatic heterocycles. The van der Waals surface area contributed by atoms with Crippen LogP contribution in [0.5, 0.6) is 0 Å². The molecule has 0 aromatic rings. The molecule has 0 saturated carbocycles. The Kier molecular flexibility index (Phi) is 24.8. The monoisotopic (exact) mass is 649 g/mol. The number of ether oxygens (including phenoxy) is 5. The molecule has 0 N–H and O–H groups in total. The van der Waals surface area contributed by atoms with Gasteiger partial charge in [-0.1, -0.05) is 51.9 Å². The first-order valence-corrected chi connectivity index (χ1v) is 17.2. The average Bonchev–Trinajstić information content (AvgIpc) is 2.98. The molecule has 0 aliphatic carbocycles. The van der Waals surface area contributed by atoms with Crippen molar-refractivity contribution in [3.8, 4) is 0 Å². The van der Waals surface area contributed by atoms with E-state index in [1.807, 2.05) is 6.92 Å². The Labute approximate surface area is 269 Å². The molecule has 0 bridgehead atoms. The Morgan fingerprint density at radius 1 is 0.651 bits per heavy atom. The Hall–Kier alpha value is -1.46. The van der Waals surface area contributed by atoms with Crippen molar-refractivity contribution in [2.24, 2.45) is 5.92 Å². The molecular weight excluding hydrogens is 591 g/mol. The molecule has 11 heteroatoms. The normalized spacial score (nSPS) is 14.7. The third-order valence-corrected chi connectivity index (χ3v) is 7.60. The van der Waals surface area contributed by atoms with Crippen molar-refractivity contribution < 1.29 is 55.0 Å². The van der Waals surface area contributed by atoms with Crippen molar-refractivity contribution in [1.82, 2.24) is 9.80 Å². The van der Waals surface area contributed by atoms with Crippen molar-refractivity contribution in [3.63, 3.8) is 0 Å². The van der Waals surface area contributed by atoms with Gasteiger partial charge in [-0.3, -0.25) is 4.79 Å². The molecule has 43 heavy (non-hydrogen) atoms. The zero-order valence-corrected chi connectivity index (χ0v) is 28.6. The van der Waals surface area contributed by atoms with Crippen LogP contribution in [0.2, 0.25) is 0 Å². The Morgan fingerprint density at radius 2 is 1.19 bits per heavy atom. The molecule has 1 atom stereocenters. The molecular formula is C32H58N2O8V. The molecule has 1 rings (SSSR count). The number of hydrogen-bond acceptors (Lipinski definition) is 10. The second-order valence-electron chi connectivity index (χ2n) is 11.5. The number of unbranched alkanes of at least 4 members (excludes halogenated alkanes) is 9. The van der Waals surface area contributed by atoms with E-state index in [4.69, 9.17) is 23.7 Å². The van der Waals surface area contributed by atoms with Crippen LogP contribution in [0.1, 0.15) is 104 Å². The topological polar surface area (TPSA) is 104 Å². The van der Waals surface area contributed by atoms with E-state index < -0.39 is 6.16 Å². The van der Waals surface area contributed by atoms with E-state index in [9.17, 15) is 14.4 Å². The van der Waals surface area contributed by atoms with Crippen LogP contribution >= 0.6 is 0 Å². The van der Waals surface area contributed by atoms with Crippen molar-refractivity contribution >= 4 is 22.5 Å². The molecule has 0 amide bonds. The fourth-order valence-electron chi connectivity index (χ4n) is 4.62. The number of carbonyl (C=O) groups is 3. The SMILES string of the molecule is CCCCCCCCCCOC(=O)CCCCCC(=O)OCC(COC(=O)OCCCN1CCN(C)CC1)CO[C](C)=[V]. The number of likely N-dealkylation sites (N-methyl/N-ethyl adjacent to an activating group) is 1. The summed E-state index contributed by atoms with van der Waals surface area (Å²) >= 11 is 2.31. The van der Waals surface area contributed by atoms with E-state index in [2.05, 4.69) is 40.8 Å². The Balaban J connectivity index is 2.09. The van der Waals surface area contributed by atoms with Gasteiger partial charge in [-0.15, -0.1) is 0 Å². The molecule has 1 fully saturated rings. The molecule has 0 radical (unpaired) electrons. The van der Waals surface area contributed by atoms with Gasteiger partial charge in [0, 0.05) is 26.2 Å². The van der Waals surface area contributed by atoms with Gasteiger partial charge in [0.2, 0.25) is 0 Å². The van der Waals surface area contributed by atoms with Gasteiger partial charge in [-0.2, -0.15) is 0 Å². The summed E-state index contributed by atoms with van der Waals surface area (Å²) in [5, 5.41) is 0. The molecule has 1 unspecified atom stereocenters. The first-order chi connectivity index (χ1) is 20.8. The van der Waals surface area contributed by atoms with Crippen LogP contribution in [0.3, 0.4) is 0 Å². The zero-order chi connectivity index (χ0) is 31.5. The summed E-state index contributed by atoms with van der Waals surface area (Å²) in [5.74, 6) is -0.790. The number of carbonyl (C=O) groups excluding carboxylic acids is 3. The summed E-state index contributed by atoms with van der Waals surface area (Å²) < 4.78 is 27.5. The number of esters is 2. The van der Waals surface area contributed by atoms with Crippen molar-refractivity contribution in [2.75, 3.05) is 72.8 Å². The van der Waals surface area contributed by atoms with Crippen LogP contribution < -0.4 is 0 Å². The van der Waals surface area contributed by atoms with Crippen LogP contribution in [0.15, 0.2) is 0 Å². The first-order valence-electron chi connectivity index (χ1n) is 16.5. The molecule has 249 valence electrons. The summed E-state index contributed by atoms with van der Waals surface area (Å²) in [7, 11) is 2.12. The second kappa shape index (κ2) is 26.9.